The van der Waals surface area contributed by atoms with E-state index in [0.29, 0.717) is 18.2 Å². The van der Waals surface area contributed by atoms with Gasteiger partial charge in [-0.05, 0) is 31.8 Å². The number of hydrogen-bond acceptors (Lipinski definition) is 5. The highest BCUT2D eigenvalue weighted by atomic mass is 16.4. The largest absolute Gasteiger partial charge is 0.481 e. The van der Waals surface area contributed by atoms with Gasteiger partial charge >= 0.3 is 5.97 Å². The maximum atomic E-state index is 10.8. The van der Waals surface area contributed by atoms with Gasteiger partial charge in [-0.15, -0.1) is 0 Å². The molecule has 0 aromatic carbocycles. The van der Waals surface area contributed by atoms with E-state index in [1.165, 1.54) is 0 Å². The number of likely N-dealkylation sites (tertiary alicyclic amines) is 1. The Kier molecular flexibility index (Phi) is 6.23. The number of nitrogens with zero attached hydrogens (tertiary/aromatic N) is 3. The van der Waals surface area contributed by atoms with E-state index in [2.05, 4.69) is 21.5 Å². The summed E-state index contributed by atoms with van der Waals surface area (Å²) in [5, 5.41) is 16.9. The summed E-state index contributed by atoms with van der Waals surface area (Å²) in [6, 6.07) is 0. The normalized spacial score (nSPS) is 19.0. The first kappa shape index (κ1) is 17.8. The molecule has 6 heteroatoms. The van der Waals surface area contributed by atoms with E-state index in [9.17, 15) is 4.79 Å². The molecule has 1 fully saturated rings. The van der Waals surface area contributed by atoms with E-state index in [0.717, 1.165) is 37.1 Å². The second kappa shape index (κ2) is 8.38. The van der Waals surface area contributed by atoms with Gasteiger partial charge in [0.2, 0.25) is 5.96 Å². The van der Waals surface area contributed by atoms with Crippen molar-refractivity contribution >= 4 is 23.9 Å². The Morgan fingerprint density at radius 2 is 2.17 bits per heavy atom. The first-order valence-electron chi connectivity index (χ1n) is 8.13. The molecule has 0 unspecified atom stereocenters. The van der Waals surface area contributed by atoms with Crippen LogP contribution < -0.4 is 0 Å². The molecule has 2 heterocycles. The van der Waals surface area contributed by atoms with Crippen molar-refractivity contribution in [2.24, 2.45) is 15.9 Å². The molecule has 0 amide bonds. The van der Waals surface area contributed by atoms with Crippen LogP contribution in [-0.4, -0.2) is 53.5 Å². The van der Waals surface area contributed by atoms with Gasteiger partial charge in [0.15, 0.2) is 0 Å². The number of carboxylic acids is 1. The summed E-state index contributed by atoms with van der Waals surface area (Å²) in [7, 11) is 0. The minimum Gasteiger partial charge on any atom is -0.481 e. The molecule has 0 spiro atoms. The molecule has 128 valence electrons. The van der Waals surface area contributed by atoms with Crippen molar-refractivity contribution in [3.8, 4) is 0 Å². The molecular weight excluding hydrogens is 304 g/mol. The molecule has 2 rings (SSSR count). The lowest BCUT2D eigenvalue weighted by Crippen LogP contribution is -2.38. The summed E-state index contributed by atoms with van der Waals surface area (Å²) < 4.78 is 0. The first-order valence-corrected chi connectivity index (χ1v) is 8.13. The van der Waals surface area contributed by atoms with Gasteiger partial charge in [-0.1, -0.05) is 24.3 Å². The second-order valence-electron chi connectivity index (χ2n) is 6.18. The highest BCUT2D eigenvalue weighted by Gasteiger charge is 2.23. The van der Waals surface area contributed by atoms with Gasteiger partial charge in [0, 0.05) is 31.3 Å². The lowest BCUT2D eigenvalue weighted by atomic mass is 9.94. The Hall–Kier alpha value is -2.50. The number of nitrogens with one attached hydrogen (secondary N) is 1. The van der Waals surface area contributed by atoms with Crippen molar-refractivity contribution in [3.05, 3.63) is 36.0 Å². The maximum absolute atomic E-state index is 10.8. The Bertz CT molecular complexity index is 635. The minimum absolute atomic E-state index is 0.238. The molecule has 2 N–H and O–H groups in total. The fourth-order valence-electron chi connectivity index (χ4n) is 2.71. The predicted octanol–water partition coefficient (Wildman–Crippen LogP) is 2.69. The minimum atomic E-state index is -0.728. The third-order valence-electron chi connectivity index (χ3n) is 4.07. The summed E-state index contributed by atoms with van der Waals surface area (Å²) in [6.07, 6.45) is 9.01. The average molecular weight is 328 g/mol. The van der Waals surface area contributed by atoms with Crippen LogP contribution in [0.5, 0.6) is 0 Å². The van der Waals surface area contributed by atoms with Crippen LogP contribution in [0.2, 0.25) is 0 Å². The average Bonchev–Trinajstić information content (AvgIpc) is 2.79. The first-order chi connectivity index (χ1) is 11.5. The molecule has 6 nitrogen and oxygen atoms in total. The van der Waals surface area contributed by atoms with Crippen LogP contribution >= 0.6 is 0 Å². The topological polar surface area (TPSA) is 89.1 Å². The van der Waals surface area contributed by atoms with Crippen molar-refractivity contribution in [3.63, 3.8) is 0 Å². The van der Waals surface area contributed by atoms with Gasteiger partial charge in [-0.3, -0.25) is 4.79 Å². The number of aliphatic carboxylic acids is 1. The zero-order valence-electron chi connectivity index (χ0n) is 14.0. The number of carbonyl (C=O) groups is 1. The number of hydrogen-bond donors (Lipinski definition) is 2. The fraction of sp³-hybridized carbons (Fsp3) is 0.444. The SMILES string of the molecule is C=C(C)/C=C\C(=N)C1=CCN=C(N2CCC(CC(=O)O)CC2)N=C1. The van der Waals surface area contributed by atoms with E-state index in [4.69, 9.17) is 10.5 Å². The molecule has 2 aliphatic rings. The van der Waals surface area contributed by atoms with Crippen LogP contribution in [0.25, 0.3) is 0 Å². The highest BCUT2D eigenvalue weighted by Crippen LogP contribution is 2.21. The van der Waals surface area contributed by atoms with Crippen molar-refractivity contribution < 1.29 is 9.90 Å². The Morgan fingerprint density at radius 1 is 1.46 bits per heavy atom. The lowest BCUT2D eigenvalue weighted by Gasteiger charge is -2.31. The van der Waals surface area contributed by atoms with Crippen molar-refractivity contribution in [1.29, 1.82) is 5.41 Å². The van der Waals surface area contributed by atoms with Crippen LogP contribution in [0, 0.1) is 11.3 Å². The van der Waals surface area contributed by atoms with Gasteiger partial charge in [0.25, 0.3) is 0 Å². The second-order valence-corrected chi connectivity index (χ2v) is 6.18. The van der Waals surface area contributed by atoms with Gasteiger partial charge in [0.1, 0.15) is 0 Å². The number of allylic oxidation sites excluding steroid dienone is 4. The number of guanidine groups is 1. The van der Waals surface area contributed by atoms with Gasteiger partial charge in [-0.2, -0.15) is 0 Å². The van der Waals surface area contributed by atoms with Crippen molar-refractivity contribution in [2.75, 3.05) is 19.6 Å². The van der Waals surface area contributed by atoms with Crippen LogP contribution in [0.4, 0.5) is 0 Å². The summed E-state index contributed by atoms with van der Waals surface area (Å²) >= 11 is 0. The zero-order chi connectivity index (χ0) is 17.5. The molecular formula is C18H24N4O2. The molecule has 0 aliphatic carbocycles. The molecule has 24 heavy (non-hydrogen) atoms. The van der Waals surface area contributed by atoms with Crippen molar-refractivity contribution in [2.45, 2.75) is 26.2 Å². The summed E-state index contributed by atoms with van der Waals surface area (Å²) in [4.78, 5) is 21.8. The quantitative estimate of drug-likeness (QED) is 0.600. The smallest absolute Gasteiger partial charge is 0.303 e. The molecule has 0 saturated carbocycles. The zero-order valence-corrected chi connectivity index (χ0v) is 14.0. The standard InChI is InChI=1S/C18H24N4O2/c1-13(2)3-4-16(19)15-5-8-20-18(21-12-15)22-9-6-14(7-10-22)11-17(23)24/h3-5,12,14,19H,1,6-11H2,2H3,(H,23,24)/b4-3-,19-16?. The van der Waals surface area contributed by atoms with Crippen LogP contribution in [-0.2, 0) is 4.79 Å². The van der Waals surface area contributed by atoms with Crippen LogP contribution in [0.1, 0.15) is 26.2 Å². The van der Waals surface area contributed by atoms with Gasteiger partial charge in [-0.25, -0.2) is 9.98 Å². The molecule has 0 radical (unpaired) electrons. The molecule has 0 atom stereocenters. The fourth-order valence-corrected chi connectivity index (χ4v) is 2.71. The van der Waals surface area contributed by atoms with E-state index in [1.54, 1.807) is 18.4 Å². The Morgan fingerprint density at radius 3 is 2.79 bits per heavy atom. The summed E-state index contributed by atoms with van der Waals surface area (Å²) in [5.41, 5.74) is 2.03. The van der Waals surface area contributed by atoms with E-state index >= 15 is 0 Å². The monoisotopic (exact) mass is 328 g/mol. The maximum Gasteiger partial charge on any atom is 0.303 e. The third kappa shape index (κ3) is 5.30. The number of aliphatic imine (C=N–C) groups is 2. The van der Waals surface area contributed by atoms with E-state index in [1.807, 2.05) is 13.0 Å². The number of piperidine rings is 1. The molecule has 0 aromatic rings. The lowest BCUT2D eigenvalue weighted by molar-refractivity contribution is -0.138. The van der Waals surface area contributed by atoms with Crippen LogP contribution in [0.15, 0.2) is 45.9 Å². The Balaban J connectivity index is 1.93. The van der Waals surface area contributed by atoms with Crippen molar-refractivity contribution in [1.82, 2.24) is 4.90 Å². The van der Waals surface area contributed by atoms with Crippen LogP contribution in [0.3, 0.4) is 0 Å². The van der Waals surface area contributed by atoms with Gasteiger partial charge < -0.3 is 15.4 Å². The highest BCUT2D eigenvalue weighted by molar-refractivity contribution is 6.21. The van der Waals surface area contributed by atoms with Gasteiger partial charge in [0.05, 0.1) is 12.3 Å². The van der Waals surface area contributed by atoms with E-state index in [-0.39, 0.29) is 12.3 Å². The predicted molar refractivity (Wildman–Crippen MR) is 97.1 cm³/mol. The summed E-state index contributed by atoms with van der Waals surface area (Å²) in [6.45, 7) is 7.71. The third-order valence-corrected chi connectivity index (χ3v) is 4.07. The molecule has 2 aliphatic heterocycles. The summed E-state index contributed by atoms with van der Waals surface area (Å²) in [5.74, 6) is 0.184. The number of rotatable bonds is 5. The Labute approximate surface area is 142 Å². The van der Waals surface area contributed by atoms with E-state index < -0.39 is 5.97 Å². The number of carboxylic acid groups (broad SMARTS) is 1. The molecule has 1 saturated heterocycles. The molecule has 0 bridgehead atoms. The molecule has 0 aromatic heterocycles.